The first-order valence-electron chi connectivity index (χ1n) is 5.37. The number of methoxy groups -OCH3 is 2. The summed E-state index contributed by atoms with van der Waals surface area (Å²) >= 11 is 3.44. The Morgan fingerprint density at radius 1 is 1.17 bits per heavy atom. The van der Waals surface area contributed by atoms with Crippen molar-refractivity contribution in [3.05, 3.63) is 22.8 Å². The first-order chi connectivity index (χ1) is 8.76. The summed E-state index contributed by atoms with van der Waals surface area (Å²) in [5.74, 6) is 1.29. The van der Waals surface area contributed by atoms with Gasteiger partial charge in [0.2, 0.25) is 0 Å². The van der Waals surface area contributed by atoms with E-state index in [1.54, 1.807) is 26.5 Å². The van der Waals surface area contributed by atoms with Crippen LogP contribution in [0.5, 0.6) is 11.5 Å². The Morgan fingerprint density at radius 3 is 2.72 bits per heavy atom. The molecule has 0 spiro atoms. The highest BCUT2D eigenvalue weighted by Gasteiger charge is 2.10. The minimum Gasteiger partial charge on any atom is -0.493 e. The van der Waals surface area contributed by atoms with Gasteiger partial charge < -0.3 is 14.2 Å². The zero-order chi connectivity index (χ0) is 13.0. The summed E-state index contributed by atoms with van der Waals surface area (Å²) in [5, 5.41) is 8.86. The molecule has 0 saturated heterocycles. The molecule has 0 aliphatic heterocycles. The maximum absolute atomic E-state index is 5.61. The van der Waals surface area contributed by atoms with Gasteiger partial charge >= 0.3 is 0 Å². The number of ether oxygens (including phenoxy) is 3. The predicted octanol–water partition coefficient (Wildman–Crippen LogP) is 2.43. The van der Waals surface area contributed by atoms with Crippen molar-refractivity contribution in [3.63, 3.8) is 0 Å². The number of benzene rings is 1. The summed E-state index contributed by atoms with van der Waals surface area (Å²) in [7, 11) is 3.23. The highest BCUT2D eigenvalue weighted by Crippen LogP contribution is 2.34. The lowest BCUT2D eigenvalue weighted by atomic mass is 10.2. The lowest BCUT2D eigenvalue weighted by Crippen LogP contribution is -2.05. The van der Waals surface area contributed by atoms with Crippen LogP contribution < -0.4 is 9.47 Å². The second-order valence-electron chi connectivity index (χ2n) is 3.55. The summed E-state index contributed by atoms with van der Waals surface area (Å²) in [6.45, 7) is 0.992. The number of hydrogen-bond acceptors (Lipinski definition) is 5. The molecule has 0 bridgehead atoms. The Kier molecular flexibility index (Phi) is 4.33. The average Bonchev–Trinajstić information content (AvgIpc) is 2.39. The number of aromatic nitrogens is 2. The van der Waals surface area contributed by atoms with Crippen molar-refractivity contribution in [3.8, 4) is 11.5 Å². The van der Waals surface area contributed by atoms with Gasteiger partial charge in [-0.2, -0.15) is 10.2 Å². The van der Waals surface area contributed by atoms with E-state index in [9.17, 15) is 0 Å². The number of rotatable bonds is 5. The molecule has 2 rings (SSSR count). The van der Waals surface area contributed by atoms with E-state index in [2.05, 4.69) is 26.1 Å². The summed E-state index contributed by atoms with van der Waals surface area (Å²) in [5.41, 5.74) is 0.750. The zero-order valence-corrected chi connectivity index (χ0v) is 11.7. The average molecular weight is 313 g/mol. The third kappa shape index (κ3) is 2.70. The van der Waals surface area contributed by atoms with Crippen molar-refractivity contribution < 1.29 is 14.2 Å². The molecule has 0 radical (unpaired) electrons. The van der Waals surface area contributed by atoms with E-state index in [1.165, 1.54) is 0 Å². The molecule has 0 saturated carbocycles. The van der Waals surface area contributed by atoms with Gasteiger partial charge in [0.05, 0.1) is 25.4 Å². The van der Waals surface area contributed by atoms with Crippen LogP contribution in [0.15, 0.2) is 22.8 Å². The quantitative estimate of drug-likeness (QED) is 0.794. The lowest BCUT2D eigenvalue weighted by molar-refractivity contribution is 0.144. The monoisotopic (exact) mass is 312 g/mol. The van der Waals surface area contributed by atoms with E-state index in [0.29, 0.717) is 24.7 Å². The van der Waals surface area contributed by atoms with E-state index in [4.69, 9.17) is 14.2 Å². The molecule has 0 aliphatic carbocycles. The summed E-state index contributed by atoms with van der Waals surface area (Å²) in [6, 6.07) is 3.68. The van der Waals surface area contributed by atoms with Gasteiger partial charge in [-0.25, -0.2) is 0 Å². The van der Waals surface area contributed by atoms with Gasteiger partial charge in [-0.3, -0.25) is 0 Å². The number of fused-ring (bicyclic) bond motifs is 1. The molecular weight excluding hydrogens is 300 g/mol. The summed E-state index contributed by atoms with van der Waals surface area (Å²) in [6.07, 6.45) is 1.65. The van der Waals surface area contributed by atoms with E-state index >= 15 is 0 Å². The maximum Gasteiger partial charge on any atom is 0.162 e. The molecule has 0 unspecified atom stereocenters. The molecule has 1 aromatic heterocycles. The third-order valence-corrected chi connectivity index (χ3v) is 3.05. The SMILES string of the molecule is COCCOc1cc2c(Br)cnnc2cc1OC. The molecule has 0 amide bonds. The number of hydrogen-bond donors (Lipinski definition) is 0. The maximum atomic E-state index is 5.61. The van der Waals surface area contributed by atoms with Gasteiger partial charge in [0.15, 0.2) is 11.5 Å². The van der Waals surface area contributed by atoms with E-state index in [1.807, 2.05) is 6.07 Å². The van der Waals surface area contributed by atoms with Crippen molar-refractivity contribution in [2.45, 2.75) is 0 Å². The van der Waals surface area contributed by atoms with Crippen LogP contribution in [0.2, 0.25) is 0 Å². The topological polar surface area (TPSA) is 53.5 Å². The molecule has 6 heteroatoms. The van der Waals surface area contributed by atoms with Crippen LogP contribution in [0.1, 0.15) is 0 Å². The molecule has 1 heterocycles. The molecule has 1 aromatic carbocycles. The Balaban J connectivity index is 2.40. The highest BCUT2D eigenvalue weighted by atomic mass is 79.9. The third-order valence-electron chi connectivity index (χ3n) is 2.42. The minimum absolute atomic E-state index is 0.467. The zero-order valence-electron chi connectivity index (χ0n) is 10.1. The first-order valence-corrected chi connectivity index (χ1v) is 6.16. The molecule has 96 valence electrons. The molecule has 2 aromatic rings. The van der Waals surface area contributed by atoms with Crippen LogP contribution in [0.4, 0.5) is 0 Å². The molecule has 0 fully saturated rings. The van der Waals surface area contributed by atoms with Crippen LogP contribution in [-0.4, -0.2) is 37.6 Å². The largest absolute Gasteiger partial charge is 0.493 e. The van der Waals surface area contributed by atoms with Crippen LogP contribution in [0.3, 0.4) is 0 Å². The fourth-order valence-corrected chi connectivity index (χ4v) is 1.95. The van der Waals surface area contributed by atoms with Crippen LogP contribution in [0, 0.1) is 0 Å². The van der Waals surface area contributed by atoms with Gasteiger partial charge in [-0.15, -0.1) is 0 Å². The number of nitrogens with zero attached hydrogens (tertiary/aromatic N) is 2. The van der Waals surface area contributed by atoms with Crippen LogP contribution in [-0.2, 0) is 4.74 Å². The molecule has 0 atom stereocenters. The molecular formula is C12H13BrN2O3. The first kappa shape index (κ1) is 13.0. The van der Waals surface area contributed by atoms with E-state index < -0.39 is 0 Å². The van der Waals surface area contributed by atoms with Gasteiger partial charge in [0.25, 0.3) is 0 Å². The highest BCUT2D eigenvalue weighted by molar-refractivity contribution is 9.10. The normalized spacial score (nSPS) is 10.6. The number of halogens is 1. The van der Waals surface area contributed by atoms with E-state index in [0.717, 1.165) is 15.4 Å². The van der Waals surface area contributed by atoms with Crippen molar-refractivity contribution in [2.24, 2.45) is 0 Å². The van der Waals surface area contributed by atoms with Crippen LogP contribution in [0.25, 0.3) is 10.9 Å². The van der Waals surface area contributed by atoms with Gasteiger partial charge in [-0.1, -0.05) is 0 Å². The van der Waals surface area contributed by atoms with Crippen molar-refractivity contribution >= 4 is 26.8 Å². The second kappa shape index (κ2) is 5.97. The standard InChI is InChI=1S/C12H13BrN2O3/c1-16-3-4-18-12-5-8-9(13)7-14-15-10(8)6-11(12)17-2/h5-7H,3-4H2,1-2H3. The Morgan fingerprint density at radius 2 is 2.00 bits per heavy atom. The summed E-state index contributed by atoms with van der Waals surface area (Å²) < 4.78 is 16.7. The Hall–Kier alpha value is -1.40. The fourth-order valence-electron chi connectivity index (χ4n) is 1.54. The minimum atomic E-state index is 0.467. The van der Waals surface area contributed by atoms with Gasteiger partial charge in [0, 0.05) is 23.0 Å². The lowest BCUT2D eigenvalue weighted by Gasteiger charge is -2.11. The Bertz CT molecular complexity index is 548. The Labute approximate surface area is 113 Å². The van der Waals surface area contributed by atoms with E-state index in [-0.39, 0.29) is 0 Å². The molecule has 0 N–H and O–H groups in total. The van der Waals surface area contributed by atoms with Gasteiger partial charge in [0.1, 0.15) is 6.61 Å². The molecule has 0 aliphatic rings. The fraction of sp³-hybridized carbons (Fsp3) is 0.333. The molecule has 5 nitrogen and oxygen atoms in total. The summed E-state index contributed by atoms with van der Waals surface area (Å²) in [4.78, 5) is 0. The van der Waals surface area contributed by atoms with Crippen molar-refractivity contribution in [1.82, 2.24) is 10.2 Å². The molecule has 18 heavy (non-hydrogen) atoms. The smallest absolute Gasteiger partial charge is 0.162 e. The van der Waals surface area contributed by atoms with Gasteiger partial charge in [-0.05, 0) is 22.0 Å². The van der Waals surface area contributed by atoms with Crippen molar-refractivity contribution in [2.75, 3.05) is 27.4 Å². The van der Waals surface area contributed by atoms with Crippen molar-refractivity contribution in [1.29, 1.82) is 0 Å². The van der Waals surface area contributed by atoms with Crippen LogP contribution >= 0.6 is 15.9 Å². The second-order valence-corrected chi connectivity index (χ2v) is 4.41. The predicted molar refractivity (Wildman–Crippen MR) is 71.2 cm³/mol.